The number of rotatable bonds is 4. The maximum atomic E-state index is 6.66. The van der Waals surface area contributed by atoms with Crippen molar-refractivity contribution in [2.45, 2.75) is 10.8 Å². The van der Waals surface area contributed by atoms with E-state index in [1.54, 1.807) is 0 Å². The molecule has 0 aromatic heterocycles. The molecular formula is C66H41NO2. The average Bonchev–Trinajstić information content (AvgIpc) is 3.86. The molecule has 3 nitrogen and oxygen atoms in total. The van der Waals surface area contributed by atoms with Crippen molar-refractivity contribution in [3.05, 3.63) is 293 Å². The summed E-state index contributed by atoms with van der Waals surface area (Å²) in [5.41, 5.74) is 19.1. The van der Waals surface area contributed by atoms with Crippen LogP contribution in [0.1, 0.15) is 44.5 Å². The molecule has 15 rings (SSSR count). The van der Waals surface area contributed by atoms with Gasteiger partial charge in [-0.25, -0.2) is 0 Å². The lowest BCUT2D eigenvalue weighted by atomic mass is 9.66. The lowest BCUT2D eigenvalue weighted by molar-refractivity contribution is 0.436. The molecule has 2 aliphatic carbocycles. The Balaban J connectivity index is 0.956. The van der Waals surface area contributed by atoms with E-state index in [1.807, 2.05) is 0 Å². The van der Waals surface area contributed by atoms with Gasteiger partial charge in [0.15, 0.2) is 0 Å². The van der Waals surface area contributed by atoms with Gasteiger partial charge in [0, 0.05) is 39.3 Å². The summed E-state index contributed by atoms with van der Waals surface area (Å²) in [4.78, 5) is 2.45. The highest BCUT2D eigenvalue weighted by Crippen LogP contribution is 2.64. The first-order valence-electron chi connectivity index (χ1n) is 23.8. The highest BCUT2D eigenvalue weighted by molar-refractivity contribution is 5.95. The first-order valence-corrected chi connectivity index (χ1v) is 23.8. The zero-order valence-electron chi connectivity index (χ0n) is 37.4. The maximum absolute atomic E-state index is 6.66. The molecule has 0 unspecified atom stereocenters. The first-order chi connectivity index (χ1) is 34.2. The Labute approximate surface area is 400 Å². The molecule has 11 aromatic rings. The highest BCUT2D eigenvalue weighted by Gasteiger charge is 2.52. The van der Waals surface area contributed by atoms with E-state index in [-0.39, 0.29) is 0 Å². The molecule has 0 radical (unpaired) electrons. The van der Waals surface area contributed by atoms with Gasteiger partial charge in [-0.1, -0.05) is 182 Å². The molecule has 0 N–H and O–H groups in total. The van der Waals surface area contributed by atoms with Crippen LogP contribution in [0.15, 0.2) is 249 Å². The second kappa shape index (κ2) is 14.3. The van der Waals surface area contributed by atoms with Crippen LogP contribution in [-0.4, -0.2) is 0 Å². The Hall–Kier alpha value is -8.92. The molecule has 4 aliphatic rings. The van der Waals surface area contributed by atoms with E-state index in [0.717, 1.165) is 62.3 Å². The van der Waals surface area contributed by atoms with Gasteiger partial charge >= 0.3 is 0 Å². The van der Waals surface area contributed by atoms with Crippen LogP contribution in [0, 0.1) is 0 Å². The molecule has 322 valence electrons. The number of fused-ring (bicyclic) bond motifs is 19. The van der Waals surface area contributed by atoms with Gasteiger partial charge in [0.2, 0.25) is 0 Å². The van der Waals surface area contributed by atoms with E-state index in [2.05, 4.69) is 254 Å². The Morgan fingerprint density at radius 2 is 0.609 bits per heavy atom. The van der Waals surface area contributed by atoms with Crippen molar-refractivity contribution in [3.8, 4) is 56.4 Å². The monoisotopic (exact) mass is 879 g/mol. The third-order valence-electron chi connectivity index (χ3n) is 15.4. The third kappa shape index (κ3) is 5.16. The van der Waals surface area contributed by atoms with Crippen molar-refractivity contribution >= 4 is 27.8 Å². The van der Waals surface area contributed by atoms with E-state index in [4.69, 9.17) is 9.47 Å². The summed E-state index contributed by atoms with van der Waals surface area (Å²) in [7, 11) is 0. The first kappa shape index (κ1) is 38.2. The fourth-order valence-electron chi connectivity index (χ4n) is 12.6. The smallest absolute Gasteiger partial charge is 0.132 e. The molecule has 0 saturated heterocycles. The lowest BCUT2D eigenvalue weighted by Crippen LogP contribution is -2.32. The molecule has 0 amide bonds. The van der Waals surface area contributed by atoms with Crippen LogP contribution in [-0.2, 0) is 10.8 Å². The molecule has 2 aliphatic heterocycles. The van der Waals surface area contributed by atoms with Crippen LogP contribution in [0.2, 0.25) is 0 Å². The van der Waals surface area contributed by atoms with Gasteiger partial charge in [-0.05, 0) is 133 Å². The van der Waals surface area contributed by atoms with Crippen molar-refractivity contribution in [1.82, 2.24) is 0 Å². The topological polar surface area (TPSA) is 21.7 Å². The molecule has 0 fully saturated rings. The number of benzene rings is 11. The minimum Gasteiger partial charge on any atom is -0.457 e. The molecule has 0 saturated carbocycles. The van der Waals surface area contributed by atoms with Crippen molar-refractivity contribution < 1.29 is 9.47 Å². The molecule has 0 bridgehead atoms. The average molecular weight is 880 g/mol. The van der Waals surface area contributed by atoms with Crippen molar-refractivity contribution in [2.24, 2.45) is 0 Å². The summed E-state index contributed by atoms with van der Waals surface area (Å²) < 4.78 is 13.3. The van der Waals surface area contributed by atoms with E-state index in [0.29, 0.717) is 0 Å². The predicted octanol–water partition coefficient (Wildman–Crippen LogP) is 16.9. The molecule has 2 heterocycles. The second-order valence-electron chi connectivity index (χ2n) is 18.7. The Morgan fingerprint density at radius 1 is 0.246 bits per heavy atom. The molecule has 2 spiro atoms. The molecule has 3 heteroatoms. The predicted molar refractivity (Wildman–Crippen MR) is 279 cm³/mol. The van der Waals surface area contributed by atoms with Crippen molar-refractivity contribution in [1.29, 1.82) is 0 Å². The van der Waals surface area contributed by atoms with Gasteiger partial charge in [0.1, 0.15) is 23.0 Å². The minimum absolute atomic E-state index is 0.551. The van der Waals surface area contributed by atoms with Crippen molar-refractivity contribution in [3.63, 3.8) is 0 Å². The normalized spacial score (nSPS) is 14.3. The summed E-state index contributed by atoms with van der Waals surface area (Å²) in [6, 6.07) is 91.0. The zero-order valence-corrected chi connectivity index (χ0v) is 37.4. The van der Waals surface area contributed by atoms with Gasteiger partial charge in [-0.3, -0.25) is 0 Å². The van der Waals surface area contributed by atoms with E-state index in [9.17, 15) is 0 Å². The number of nitrogens with zero attached hydrogens (tertiary/aromatic N) is 1. The molecular weight excluding hydrogens is 839 g/mol. The van der Waals surface area contributed by atoms with Crippen LogP contribution in [0.25, 0.3) is 44.2 Å². The number of anilines is 3. The van der Waals surface area contributed by atoms with Gasteiger partial charge < -0.3 is 14.4 Å². The van der Waals surface area contributed by atoms with Crippen molar-refractivity contribution in [2.75, 3.05) is 4.90 Å². The highest BCUT2D eigenvalue weighted by atomic mass is 16.5. The number of ether oxygens (including phenoxy) is 2. The largest absolute Gasteiger partial charge is 0.457 e. The number of hydrogen-bond donors (Lipinski definition) is 0. The zero-order chi connectivity index (χ0) is 45.3. The van der Waals surface area contributed by atoms with Crippen LogP contribution in [0.5, 0.6) is 23.0 Å². The number of hydrogen-bond acceptors (Lipinski definition) is 3. The van der Waals surface area contributed by atoms with Gasteiger partial charge in [0.05, 0.1) is 10.8 Å². The standard InChI is InChI=1S/C66H41NO2/c1-2-16-44-39-45(30-29-42(44)15-1)43-31-33-46(34-32-43)67(47-35-37-55-51(40-47)49-17-3-5-19-53(49)65(55)57-21-7-11-25-61(57)68-62-26-12-8-22-58(62)65)48-36-38-56-52(41-48)50-18-4-6-20-54(50)66(56)59-23-9-13-27-63(59)69-64-28-14-10-24-60(64)66/h1-41H. The third-order valence-corrected chi connectivity index (χ3v) is 15.4. The quantitative estimate of drug-likeness (QED) is 0.176. The summed E-state index contributed by atoms with van der Waals surface area (Å²) >= 11 is 0. The van der Waals surface area contributed by atoms with Crippen LogP contribution < -0.4 is 14.4 Å². The van der Waals surface area contributed by atoms with E-state index >= 15 is 0 Å². The van der Waals surface area contributed by atoms with Gasteiger partial charge in [-0.2, -0.15) is 0 Å². The van der Waals surface area contributed by atoms with Gasteiger partial charge in [-0.15, -0.1) is 0 Å². The summed E-state index contributed by atoms with van der Waals surface area (Å²) in [5, 5.41) is 2.47. The van der Waals surface area contributed by atoms with E-state index in [1.165, 1.54) is 66.4 Å². The fourth-order valence-corrected chi connectivity index (χ4v) is 12.6. The Bertz CT molecular complexity index is 3650. The maximum Gasteiger partial charge on any atom is 0.132 e. The Kier molecular flexibility index (Phi) is 7.92. The summed E-state index contributed by atoms with van der Waals surface area (Å²) in [6.45, 7) is 0. The summed E-state index contributed by atoms with van der Waals surface area (Å²) in [5.74, 6) is 3.56. The summed E-state index contributed by atoms with van der Waals surface area (Å²) in [6.07, 6.45) is 0. The molecule has 0 atom stereocenters. The molecule has 69 heavy (non-hydrogen) atoms. The van der Waals surface area contributed by atoms with E-state index < -0.39 is 10.8 Å². The van der Waals surface area contributed by atoms with Crippen LogP contribution in [0.4, 0.5) is 17.1 Å². The van der Waals surface area contributed by atoms with Crippen LogP contribution in [0.3, 0.4) is 0 Å². The fraction of sp³-hybridized carbons (Fsp3) is 0.0303. The lowest BCUT2D eigenvalue weighted by Gasteiger charge is -2.39. The minimum atomic E-state index is -0.551. The second-order valence-corrected chi connectivity index (χ2v) is 18.7. The Morgan fingerprint density at radius 3 is 1.09 bits per heavy atom. The van der Waals surface area contributed by atoms with Crippen LogP contribution >= 0.6 is 0 Å². The van der Waals surface area contributed by atoms with Gasteiger partial charge in [0.25, 0.3) is 0 Å². The number of para-hydroxylation sites is 4. The molecule has 11 aromatic carbocycles. The SMILES string of the molecule is c1ccc2c(c1)Oc1ccccc1C21c2ccccc2-c2cc(N(c3ccc(-c4ccc5ccccc5c4)cc3)c3ccc4c(c3)-c3ccccc3C43c4ccccc4Oc4ccccc43)ccc21.